The van der Waals surface area contributed by atoms with Crippen LogP contribution in [0.2, 0.25) is 5.02 Å². The summed E-state index contributed by atoms with van der Waals surface area (Å²) < 4.78 is 13.3. The number of rotatable bonds is 6. The fraction of sp³-hybridized carbons (Fsp3) is 0.500. The Hall–Kier alpha value is -0.640. The van der Waals surface area contributed by atoms with Gasteiger partial charge >= 0.3 is 0 Å². The van der Waals surface area contributed by atoms with E-state index in [2.05, 4.69) is 5.32 Å². The molecule has 2 N–H and O–H groups in total. The van der Waals surface area contributed by atoms with Crippen LogP contribution in [0.15, 0.2) is 18.2 Å². The Labute approximate surface area is 100 Å². The minimum absolute atomic E-state index is 0.154. The van der Waals surface area contributed by atoms with Crippen molar-refractivity contribution < 1.29 is 9.50 Å². The molecule has 0 bridgehead atoms. The molecule has 16 heavy (non-hydrogen) atoms. The van der Waals surface area contributed by atoms with Gasteiger partial charge in [-0.1, -0.05) is 18.5 Å². The summed E-state index contributed by atoms with van der Waals surface area (Å²) in [6.45, 7) is 3.28. The Morgan fingerprint density at radius 2 is 2.25 bits per heavy atom. The van der Waals surface area contributed by atoms with E-state index in [0.717, 1.165) is 6.42 Å². The molecule has 0 fully saturated rings. The first-order valence-corrected chi connectivity index (χ1v) is 5.80. The molecule has 0 saturated carbocycles. The predicted molar refractivity (Wildman–Crippen MR) is 64.0 cm³/mol. The highest BCUT2D eigenvalue weighted by Crippen LogP contribution is 2.14. The minimum atomic E-state index is -0.256. The summed E-state index contributed by atoms with van der Waals surface area (Å²) in [5.41, 5.74) is 0.556. The number of benzene rings is 1. The zero-order chi connectivity index (χ0) is 12.0. The van der Waals surface area contributed by atoms with Crippen molar-refractivity contribution in [2.75, 3.05) is 13.2 Å². The minimum Gasteiger partial charge on any atom is -0.396 e. The van der Waals surface area contributed by atoms with Gasteiger partial charge in [-0.25, -0.2) is 4.39 Å². The smallest absolute Gasteiger partial charge is 0.127 e. The Morgan fingerprint density at radius 1 is 1.50 bits per heavy atom. The third kappa shape index (κ3) is 4.08. The number of halogens is 2. The topological polar surface area (TPSA) is 32.3 Å². The van der Waals surface area contributed by atoms with Crippen molar-refractivity contribution in [1.29, 1.82) is 0 Å². The lowest BCUT2D eigenvalue weighted by atomic mass is 10.1. The van der Waals surface area contributed by atoms with Crippen molar-refractivity contribution in [3.8, 4) is 0 Å². The van der Waals surface area contributed by atoms with Gasteiger partial charge < -0.3 is 10.4 Å². The quantitative estimate of drug-likeness (QED) is 0.808. The molecule has 2 nitrogen and oxygen atoms in total. The average molecular weight is 246 g/mol. The Kier molecular flexibility index (Phi) is 5.74. The van der Waals surface area contributed by atoms with Gasteiger partial charge in [-0.3, -0.25) is 0 Å². The second-order valence-electron chi connectivity index (χ2n) is 3.82. The van der Waals surface area contributed by atoms with E-state index in [1.165, 1.54) is 12.1 Å². The van der Waals surface area contributed by atoms with Gasteiger partial charge in [-0.15, -0.1) is 0 Å². The molecule has 1 aromatic carbocycles. The first-order chi connectivity index (χ1) is 7.67. The van der Waals surface area contributed by atoms with Crippen molar-refractivity contribution in [3.63, 3.8) is 0 Å². The summed E-state index contributed by atoms with van der Waals surface area (Å²) in [5.74, 6) is -0.0313. The van der Waals surface area contributed by atoms with Crippen molar-refractivity contribution in [1.82, 2.24) is 5.32 Å². The normalized spacial score (nSPS) is 12.8. The van der Waals surface area contributed by atoms with Crippen LogP contribution in [-0.4, -0.2) is 18.3 Å². The summed E-state index contributed by atoms with van der Waals surface area (Å²) in [5, 5.41) is 12.6. The second-order valence-corrected chi connectivity index (χ2v) is 4.26. The van der Waals surface area contributed by atoms with Gasteiger partial charge in [-0.05, 0) is 30.5 Å². The number of aliphatic hydroxyl groups is 1. The van der Waals surface area contributed by atoms with Gasteiger partial charge in [0, 0.05) is 30.3 Å². The Balaban J connectivity index is 2.45. The van der Waals surface area contributed by atoms with Gasteiger partial charge in [0.25, 0.3) is 0 Å². The Bertz CT molecular complexity index is 329. The highest BCUT2D eigenvalue weighted by molar-refractivity contribution is 6.30. The summed E-state index contributed by atoms with van der Waals surface area (Å²) in [6.07, 6.45) is 0.904. The van der Waals surface area contributed by atoms with Gasteiger partial charge in [0.2, 0.25) is 0 Å². The van der Waals surface area contributed by atoms with E-state index < -0.39 is 0 Å². The van der Waals surface area contributed by atoms with Gasteiger partial charge in [0.1, 0.15) is 5.82 Å². The summed E-state index contributed by atoms with van der Waals surface area (Å²) >= 11 is 5.78. The van der Waals surface area contributed by atoms with Crippen LogP contribution in [0.1, 0.15) is 18.9 Å². The van der Waals surface area contributed by atoms with E-state index in [1.54, 1.807) is 6.07 Å². The second kappa shape index (κ2) is 6.84. The summed E-state index contributed by atoms with van der Waals surface area (Å²) in [7, 11) is 0. The fourth-order valence-corrected chi connectivity index (χ4v) is 1.62. The highest BCUT2D eigenvalue weighted by atomic mass is 35.5. The molecule has 4 heteroatoms. The summed E-state index contributed by atoms with van der Waals surface area (Å²) in [4.78, 5) is 0. The van der Waals surface area contributed by atoms with E-state index in [4.69, 9.17) is 16.7 Å². The number of aliphatic hydroxyl groups excluding tert-OH is 1. The monoisotopic (exact) mass is 245 g/mol. The molecule has 0 aromatic heterocycles. The average Bonchev–Trinajstić information content (AvgIpc) is 2.29. The van der Waals surface area contributed by atoms with Crippen molar-refractivity contribution in [3.05, 3.63) is 34.6 Å². The molecule has 0 heterocycles. The molecule has 0 spiro atoms. The molecule has 90 valence electrons. The number of hydrogen-bond acceptors (Lipinski definition) is 2. The maximum absolute atomic E-state index is 13.3. The lowest BCUT2D eigenvalue weighted by Gasteiger charge is -2.12. The predicted octanol–water partition coefficient (Wildman–Crippen LogP) is 2.59. The van der Waals surface area contributed by atoms with Crippen LogP contribution in [0.5, 0.6) is 0 Å². The van der Waals surface area contributed by atoms with Crippen LogP contribution in [0.25, 0.3) is 0 Å². The van der Waals surface area contributed by atoms with E-state index in [1.807, 2.05) is 6.92 Å². The first kappa shape index (κ1) is 13.4. The van der Waals surface area contributed by atoms with Crippen molar-refractivity contribution in [2.24, 2.45) is 5.92 Å². The third-order valence-electron chi connectivity index (χ3n) is 2.59. The van der Waals surface area contributed by atoms with Crippen molar-refractivity contribution in [2.45, 2.75) is 19.9 Å². The molecule has 0 saturated heterocycles. The third-order valence-corrected chi connectivity index (χ3v) is 2.83. The van der Waals surface area contributed by atoms with Crippen LogP contribution >= 0.6 is 11.6 Å². The molecule has 1 rings (SSSR count). The molecule has 0 aliphatic carbocycles. The molecule has 0 aliphatic rings. The summed E-state index contributed by atoms with van der Waals surface area (Å²) in [6, 6.07) is 4.51. The number of hydrogen-bond donors (Lipinski definition) is 2. The van der Waals surface area contributed by atoms with Crippen molar-refractivity contribution >= 4 is 11.6 Å². The maximum Gasteiger partial charge on any atom is 0.127 e. The molecule has 1 unspecified atom stereocenters. The highest BCUT2D eigenvalue weighted by Gasteiger charge is 2.06. The van der Waals surface area contributed by atoms with Gasteiger partial charge in [-0.2, -0.15) is 0 Å². The van der Waals surface area contributed by atoms with E-state index in [9.17, 15) is 4.39 Å². The first-order valence-electron chi connectivity index (χ1n) is 5.42. The molecule has 1 atom stereocenters. The fourth-order valence-electron chi connectivity index (χ4n) is 1.43. The lowest BCUT2D eigenvalue weighted by molar-refractivity contribution is 0.218. The largest absolute Gasteiger partial charge is 0.396 e. The molecular weight excluding hydrogens is 229 g/mol. The molecule has 1 aromatic rings. The SMILES string of the molecule is CCC(CO)CNCc1cc(Cl)ccc1F. The molecular formula is C12H17ClFNO. The van der Waals surface area contributed by atoms with E-state index >= 15 is 0 Å². The van der Waals surface area contributed by atoms with Crippen LogP contribution < -0.4 is 5.32 Å². The van der Waals surface area contributed by atoms with E-state index in [-0.39, 0.29) is 18.3 Å². The van der Waals surface area contributed by atoms with Crippen LogP contribution in [0, 0.1) is 11.7 Å². The zero-order valence-electron chi connectivity index (χ0n) is 9.34. The van der Waals surface area contributed by atoms with Crippen LogP contribution in [0.4, 0.5) is 4.39 Å². The van der Waals surface area contributed by atoms with Crippen LogP contribution in [-0.2, 0) is 6.54 Å². The van der Waals surface area contributed by atoms with E-state index in [0.29, 0.717) is 23.7 Å². The zero-order valence-corrected chi connectivity index (χ0v) is 10.1. The maximum atomic E-state index is 13.3. The lowest BCUT2D eigenvalue weighted by Crippen LogP contribution is -2.24. The Morgan fingerprint density at radius 3 is 2.88 bits per heavy atom. The molecule has 0 amide bonds. The molecule has 0 aliphatic heterocycles. The van der Waals surface area contributed by atoms with Crippen LogP contribution in [0.3, 0.4) is 0 Å². The van der Waals surface area contributed by atoms with Gasteiger partial charge in [0.15, 0.2) is 0 Å². The standard InChI is InChI=1S/C12H17ClFNO/c1-2-9(8-16)6-15-7-10-5-11(13)3-4-12(10)14/h3-5,9,15-16H,2,6-8H2,1H3. The molecule has 0 radical (unpaired) electrons. The number of nitrogens with one attached hydrogen (secondary N) is 1. The van der Waals surface area contributed by atoms with Gasteiger partial charge in [0.05, 0.1) is 0 Å².